The minimum atomic E-state index is -3.62. The van der Waals surface area contributed by atoms with Gasteiger partial charge in [-0.15, -0.1) is 0 Å². The van der Waals surface area contributed by atoms with Crippen LogP contribution in [0.2, 0.25) is 0 Å². The lowest BCUT2D eigenvalue weighted by Crippen LogP contribution is -2.45. The molecule has 2 aliphatic rings. The van der Waals surface area contributed by atoms with Gasteiger partial charge >= 0.3 is 0 Å². The molecule has 7 nitrogen and oxygen atoms in total. The molecule has 0 aliphatic carbocycles. The van der Waals surface area contributed by atoms with Gasteiger partial charge in [0.05, 0.1) is 10.8 Å². The molecule has 1 aromatic carbocycles. The molecule has 1 amide bonds. The third-order valence-corrected chi connectivity index (χ3v) is 8.74. The van der Waals surface area contributed by atoms with Crippen molar-refractivity contribution in [2.45, 2.75) is 56.9 Å². The van der Waals surface area contributed by atoms with E-state index in [-0.39, 0.29) is 18.4 Å². The van der Waals surface area contributed by atoms with Crippen LogP contribution in [0, 0.1) is 5.92 Å². The maximum Gasteiger partial charge on any atom is 0.243 e. The number of sulfonamides is 1. The highest BCUT2D eigenvalue weighted by molar-refractivity contribution is 7.89. The smallest absolute Gasteiger partial charge is 0.243 e. The van der Waals surface area contributed by atoms with Gasteiger partial charge in [0.1, 0.15) is 0 Å². The van der Waals surface area contributed by atoms with E-state index in [1.54, 1.807) is 12.1 Å². The average Bonchev–Trinajstić information content (AvgIpc) is 3.25. The molecular weight excluding hydrogens is 424 g/mol. The fraction of sp³-hybridized carbons (Fsp3) is 0.625. The van der Waals surface area contributed by atoms with Crippen LogP contribution in [0.15, 0.2) is 35.4 Å². The number of carbonyl (C=O) groups excluding carboxylic acids is 1. The van der Waals surface area contributed by atoms with Crippen molar-refractivity contribution in [1.82, 2.24) is 19.1 Å². The van der Waals surface area contributed by atoms with Crippen LogP contribution in [0.1, 0.15) is 45.4 Å². The van der Waals surface area contributed by atoms with E-state index >= 15 is 0 Å². The van der Waals surface area contributed by atoms with E-state index in [1.807, 2.05) is 18.3 Å². The standard InChI is InChI=1S/C24H36N4O3S/c1-2-27-17-11-20-18-22(9-10-23(20)27)32(30,31)28-16-6-8-21(19-28)24(29)25-12-7-15-26-13-4-3-5-14-26/h9-11,17-18,21H,2-8,12-16,19H2,1H3,(H,25,29). The Morgan fingerprint density at radius 2 is 1.91 bits per heavy atom. The van der Waals surface area contributed by atoms with Crippen molar-refractivity contribution in [2.75, 3.05) is 39.3 Å². The Balaban J connectivity index is 1.33. The Hall–Kier alpha value is -1.90. The number of likely N-dealkylation sites (tertiary alicyclic amines) is 1. The van der Waals surface area contributed by atoms with E-state index in [9.17, 15) is 13.2 Å². The predicted molar refractivity (Wildman–Crippen MR) is 127 cm³/mol. The fourth-order valence-corrected chi connectivity index (χ4v) is 6.54. The molecule has 0 spiro atoms. The van der Waals surface area contributed by atoms with Gasteiger partial charge in [0.25, 0.3) is 0 Å². The summed E-state index contributed by atoms with van der Waals surface area (Å²) in [5.41, 5.74) is 1.03. The second-order valence-corrected chi connectivity index (χ2v) is 11.0. The maximum absolute atomic E-state index is 13.3. The molecule has 0 bridgehead atoms. The molecule has 2 fully saturated rings. The first-order valence-electron chi connectivity index (χ1n) is 12.1. The van der Waals surface area contributed by atoms with Crippen LogP contribution >= 0.6 is 0 Å². The number of fused-ring (bicyclic) bond motifs is 1. The van der Waals surface area contributed by atoms with Gasteiger partial charge in [0.15, 0.2) is 0 Å². The zero-order valence-corrected chi connectivity index (χ0v) is 19.9. The monoisotopic (exact) mass is 460 g/mol. The summed E-state index contributed by atoms with van der Waals surface area (Å²) in [6, 6.07) is 7.27. The quantitative estimate of drug-likeness (QED) is 0.615. The maximum atomic E-state index is 13.3. The molecule has 0 radical (unpaired) electrons. The molecule has 3 heterocycles. The summed E-state index contributed by atoms with van der Waals surface area (Å²) < 4.78 is 30.2. The summed E-state index contributed by atoms with van der Waals surface area (Å²) in [4.78, 5) is 15.5. The van der Waals surface area contributed by atoms with Crippen molar-refractivity contribution in [2.24, 2.45) is 5.92 Å². The molecule has 2 aliphatic heterocycles. The molecule has 4 rings (SSSR count). The first-order valence-corrected chi connectivity index (χ1v) is 13.5. The van der Waals surface area contributed by atoms with E-state index in [0.717, 1.165) is 36.8 Å². The fourth-order valence-electron chi connectivity index (χ4n) is 4.98. The number of amides is 1. The number of aryl methyl sites for hydroxylation is 1. The van der Waals surface area contributed by atoms with Gasteiger partial charge in [-0.3, -0.25) is 4.79 Å². The van der Waals surface area contributed by atoms with Crippen molar-refractivity contribution in [1.29, 1.82) is 0 Å². The van der Waals surface area contributed by atoms with Crippen LogP contribution in [0.4, 0.5) is 0 Å². The lowest BCUT2D eigenvalue weighted by Gasteiger charge is -2.31. The zero-order valence-electron chi connectivity index (χ0n) is 19.1. The molecular formula is C24H36N4O3S. The molecule has 1 aromatic heterocycles. The second kappa shape index (κ2) is 10.4. The number of nitrogens with zero attached hydrogens (tertiary/aromatic N) is 3. The van der Waals surface area contributed by atoms with Crippen LogP contribution in [0.3, 0.4) is 0 Å². The van der Waals surface area contributed by atoms with E-state index < -0.39 is 10.0 Å². The molecule has 2 aromatic rings. The van der Waals surface area contributed by atoms with E-state index in [2.05, 4.69) is 21.7 Å². The van der Waals surface area contributed by atoms with E-state index in [0.29, 0.717) is 24.4 Å². The molecule has 0 saturated carbocycles. The third-order valence-electron chi connectivity index (χ3n) is 6.87. The van der Waals surface area contributed by atoms with Crippen molar-refractivity contribution >= 4 is 26.8 Å². The number of piperidine rings is 2. The average molecular weight is 461 g/mol. The number of aromatic nitrogens is 1. The van der Waals surface area contributed by atoms with Gasteiger partial charge in [-0.05, 0) is 82.9 Å². The summed E-state index contributed by atoms with van der Waals surface area (Å²) in [6.45, 7) is 7.64. The highest BCUT2D eigenvalue weighted by Crippen LogP contribution is 2.27. The van der Waals surface area contributed by atoms with Gasteiger partial charge in [0, 0.05) is 43.3 Å². The van der Waals surface area contributed by atoms with Crippen LogP contribution in [0.5, 0.6) is 0 Å². The minimum Gasteiger partial charge on any atom is -0.356 e. The van der Waals surface area contributed by atoms with Gasteiger partial charge in [-0.25, -0.2) is 8.42 Å². The first-order chi connectivity index (χ1) is 15.5. The minimum absolute atomic E-state index is 0.0148. The number of rotatable bonds is 8. The summed E-state index contributed by atoms with van der Waals surface area (Å²) in [5.74, 6) is -0.294. The predicted octanol–water partition coefficient (Wildman–Crippen LogP) is 3.05. The highest BCUT2D eigenvalue weighted by atomic mass is 32.2. The van der Waals surface area contributed by atoms with Gasteiger partial charge in [0.2, 0.25) is 15.9 Å². The SMILES string of the molecule is CCn1ccc2cc(S(=O)(=O)N3CCCC(C(=O)NCCCN4CCCCC4)C3)ccc21. The largest absolute Gasteiger partial charge is 0.356 e. The lowest BCUT2D eigenvalue weighted by molar-refractivity contribution is -0.126. The van der Waals surface area contributed by atoms with Gasteiger partial charge < -0.3 is 14.8 Å². The number of carbonyl (C=O) groups is 1. The third kappa shape index (κ3) is 5.18. The molecule has 32 heavy (non-hydrogen) atoms. The van der Waals surface area contributed by atoms with Crippen LogP contribution in [-0.4, -0.2) is 67.4 Å². The number of hydrogen-bond acceptors (Lipinski definition) is 4. The Kier molecular flexibility index (Phi) is 7.53. The Bertz CT molecular complexity index is 1030. The normalized spacial score (nSPS) is 21.1. The molecule has 2 saturated heterocycles. The van der Waals surface area contributed by atoms with E-state index in [1.165, 1.54) is 36.7 Å². The summed E-state index contributed by atoms with van der Waals surface area (Å²) in [7, 11) is -3.62. The van der Waals surface area contributed by atoms with Crippen LogP contribution < -0.4 is 5.32 Å². The van der Waals surface area contributed by atoms with Crippen LogP contribution in [-0.2, 0) is 21.4 Å². The molecule has 1 atom stereocenters. The first kappa shape index (κ1) is 23.3. The number of benzene rings is 1. The molecule has 1 N–H and O–H groups in total. The molecule has 8 heteroatoms. The Morgan fingerprint density at radius 1 is 1.09 bits per heavy atom. The van der Waals surface area contributed by atoms with Crippen molar-refractivity contribution in [3.63, 3.8) is 0 Å². The molecule has 176 valence electrons. The van der Waals surface area contributed by atoms with Crippen LogP contribution in [0.25, 0.3) is 10.9 Å². The number of hydrogen-bond donors (Lipinski definition) is 1. The summed E-state index contributed by atoms with van der Waals surface area (Å²) >= 11 is 0. The highest BCUT2D eigenvalue weighted by Gasteiger charge is 2.33. The number of nitrogens with one attached hydrogen (secondary N) is 1. The van der Waals surface area contributed by atoms with Crippen molar-refractivity contribution in [3.05, 3.63) is 30.5 Å². The van der Waals surface area contributed by atoms with Crippen molar-refractivity contribution in [3.8, 4) is 0 Å². The lowest BCUT2D eigenvalue weighted by atomic mass is 9.99. The second-order valence-electron chi connectivity index (χ2n) is 9.07. The Labute approximate surface area is 191 Å². The van der Waals surface area contributed by atoms with E-state index in [4.69, 9.17) is 0 Å². The molecule has 1 unspecified atom stereocenters. The summed E-state index contributed by atoms with van der Waals surface area (Å²) in [5, 5.41) is 3.97. The van der Waals surface area contributed by atoms with Gasteiger partial charge in [-0.1, -0.05) is 6.42 Å². The van der Waals surface area contributed by atoms with Crippen molar-refractivity contribution < 1.29 is 13.2 Å². The summed E-state index contributed by atoms with van der Waals surface area (Å²) in [6.07, 6.45) is 8.24. The topological polar surface area (TPSA) is 74.6 Å². The van der Waals surface area contributed by atoms with Gasteiger partial charge in [-0.2, -0.15) is 4.31 Å². The zero-order chi connectivity index (χ0) is 22.6. The Morgan fingerprint density at radius 3 is 2.69 bits per heavy atom.